The number of carboxylic acids is 1. The molecule has 0 aromatic carbocycles. The molecule has 3 heterocycles. The number of rotatable bonds is 16. The number of imidazole rings is 1. The normalized spacial score (nSPS) is 21.9. The van der Waals surface area contributed by atoms with Gasteiger partial charge in [0.25, 0.3) is 0 Å². The number of aliphatic hydroxyl groups is 1. The SMILES string of the molecule is COP(=O)(OCCCCCCCCCC(=O)O)O[C@@H]1C[C@H](n2cnc3c(N)ncnc32)O[C@@H]1CO. The molecule has 1 aliphatic heterocycles. The largest absolute Gasteiger partial charge is 0.481 e. The van der Waals surface area contributed by atoms with Gasteiger partial charge in [-0.2, -0.15) is 0 Å². The average molecular weight is 516 g/mol. The van der Waals surface area contributed by atoms with Crippen LogP contribution in [-0.2, 0) is 27.7 Å². The zero-order valence-electron chi connectivity index (χ0n) is 19.8. The Bertz CT molecular complexity index is 1010. The number of phosphoric acid groups is 1. The second-order valence-electron chi connectivity index (χ2n) is 8.36. The number of hydrogen-bond acceptors (Lipinski definition) is 11. The number of anilines is 1. The van der Waals surface area contributed by atoms with Crippen molar-refractivity contribution in [3.8, 4) is 0 Å². The predicted octanol–water partition coefficient (Wildman–Crippen LogP) is 3.05. The summed E-state index contributed by atoms with van der Waals surface area (Å²) in [6.07, 6.45) is 7.42. The van der Waals surface area contributed by atoms with Crippen molar-refractivity contribution in [1.82, 2.24) is 19.5 Å². The molecule has 1 unspecified atom stereocenters. The number of aliphatic hydroxyl groups excluding tert-OH is 1. The minimum absolute atomic E-state index is 0.202. The van der Waals surface area contributed by atoms with Gasteiger partial charge in [-0.15, -0.1) is 0 Å². The number of fused-ring (bicyclic) bond motifs is 1. The number of nitrogens with zero attached hydrogens (tertiary/aromatic N) is 4. The molecule has 2 aromatic rings. The van der Waals surface area contributed by atoms with Crippen LogP contribution in [0.25, 0.3) is 11.2 Å². The lowest BCUT2D eigenvalue weighted by Gasteiger charge is -2.22. The maximum atomic E-state index is 13.0. The minimum atomic E-state index is -3.86. The number of hydrogen-bond donors (Lipinski definition) is 3. The summed E-state index contributed by atoms with van der Waals surface area (Å²) in [5, 5.41) is 18.4. The molecule has 0 spiro atoms. The number of aliphatic carboxylic acids is 1. The maximum Gasteiger partial charge on any atom is 0.474 e. The third-order valence-electron chi connectivity index (χ3n) is 5.83. The molecule has 35 heavy (non-hydrogen) atoms. The first-order chi connectivity index (χ1) is 16.9. The number of nitrogens with two attached hydrogens (primary N) is 1. The second kappa shape index (κ2) is 13.2. The number of nitrogen functional groups attached to an aromatic ring is 1. The van der Waals surface area contributed by atoms with Gasteiger partial charge in [0.2, 0.25) is 0 Å². The number of aromatic nitrogens is 4. The second-order valence-corrected chi connectivity index (χ2v) is 10.1. The van der Waals surface area contributed by atoms with Crippen LogP contribution in [0.1, 0.15) is 64.0 Å². The molecule has 196 valence electrons. The van der Waals surface area contributed by atoms with E-state index in [1.54, 1.807) is 4.57 Å². The maximum absolute atomic E-state index is 13.0. The van der Waals surface area contributed by atoms with E-state index in [0.29, 0.717) is 24.0 Å². The minimum Gasteiger partial charge on any atom is -0.481 e. The van der Waals surface area contributed by atoms with E-state index in [0.717, 1.165) is 32.1 Å². The Morgan fingerprint density at radius 3 is 2.60 bits per heavy atom. The number of unbranched alkanes of at least 4 members (excludes halogenated alkanes) is 6. The number of carbonyl (C=O) groups is 1. The van der Waals surface area contributed by atoms with E-state index in [9.17, 15) is 14.5 Å². The van der Waals surface area contributed by atoms with Crippen molar-refractivity contribution >= 4 is 30.8 Å². The van der Waals surface area contributed by atoms with Gasteiger partial charge in [0.1, 0.15) is 30.3 Å². The molecule has 4 N–H and O–H groups in total. The molecule has 1 saturated heterocycles. The van der Waals surface area contributed by atoms with Gasteiger partial charge in [0, 0.05) is 20.0 Å². The Kier molecular flexibility index (Phi) is 10.4. The van der Waals surface area contributed by atoms with Crippen molar-refractivity contribution in [2.24, 2.45) is 0 Å². The van der Waals surface area contributed by atoms with E-state index in [2.05, 4.69) is 15.0 Å². The Morgan fingerprint density at radius 2 is 1.91 bits per heavy atom. The molecule has 0 aliphatic carbocycles. The average Bonchev–Trinajstić information content (AvgIpc) is 3.44. The highest BCUT2D eigenvalue weighted by Crippen LogP contribution is 2.52. The fourth-order valence-electron chi connectivity index (χ4n) is 3.96. The van der Waals surface area contributed by atoms with Gasteiger partial charge in [0.15, 0.2) is 11.5 Å². The zero-order valence-corrected chi connectivity index (χ0v) is 20.7. The van der Waals surface area contributed by atoms with Crippen LogP contribution in [0.5, 0.6) is 0 Å². The van der Waals surface area contributed by atoms with Crippen molar-refractivity contribution in [1.29, 1.82) is 0 Å². The van der Waals surface area contributed by atoms with Crippen LogP contribution >= 0.6 is 7.82 Å². The van der Waals surface area contributed by atoms with Crippen LogP contribution in [-0.4, -0.2) is 68.2 Å². The van der Waals surface area contributed by atoms with Crippen LogP contribution < -0.4 is 5.73 Å². The predicted molar refractivity (Wildman–Crippen MR) is 125 cm³/mol. The van der Waals surface area contributed by atoms with Crippen molar-refractivity contribution in [2.75, 3.05) is 26.1 Å². The molecule has 4 atom stereocenters. The molecule has 3 rings (SSSR count). The first-order valence-electron chi connectivity index (χ1n) is 11.8. The summed E-state index contributed by atoms with van der Waals surface area (Å²) in [5.41, 5.74) is 6.76. The van der Waals surface area contributed by atoms with E-state index in [1.165, 1.54) is 19.8 Å². The van der Waals surface area contributed by atoms with Gasteiger partial charge in [-0.05, 0) is 12.8 Å². The Morgan fingerprint density at radius 1 is 1.20 bits per heavy atom. The first-order valence-corrected chi connectivity index (χ1v) is 13.2. The van der Waals surface area contributed by atoms with Gasteiger partial charge >= 0.3 is 13.8 Å². The van der Waals surface area contributed by atoms with Crippen molar-refractivity contribution in [3.05, 3.63) is 12.7 Å². The highest BCUT2D eigenvalue weighted by molar-refractivity contribution is 7.48. The molecule has 13 nitrogen and oxygen atoms in total. The lowest BCUT2D eigenvalue weighted by atomic mass is 10.1. The van der Waals surface area contributed by atoms with Crippen molar-refractivity contribution in [2.45, 2.75) is 76.2 Å². The molecule has 0 radical (unpaired) electrons. The molecule has 0 saturated carbocycles. The van der Waals surface area contributed by atoms with Crippen LogP contribution in [0.3, 0.4) is 0 Å². The summed E-state index contributed by atoms with van der Waals surface area (Å²) in [5.74, 6) is -0.513. The fraction of sp³-hybridized carbons (Fsp3) is 0.714. The van der Waals surface area contributed by atoms with E-state index in [4.69, 9.17) is 29.1 Å². The molecule has 1 aliphatic rings. The van der Waals surface area contributed by atoms with E-state index < -0.39 is 32.2 Å². The van der Waals surface area contributed by atoms with Crippen LogP contribution in [0, 0.1) is 0 Å². The van der Waals surface area contributed by atoms with Gasteiger partial charge in [-0.25, -0.2) is 19.5 Å². The van der Waals surface area contributed by atoms with Gasteiger partial charge in [-0.3, -0.25) is 22.9 Å². The summed E-state index contributed by atoms with van der Waals surface area (Å²) in [6.45, 7) is -0.144. The quantitative estimate of drug-likeness (QED) is 0.220. The smallest absolute Gasteiger partial charge is 0.474 e. The van der Waals surface area contributed by atoms with E-state index >= 15 is 0 Å². The zero-order chi connectivity index (χ0) is 25.3. The molecule has 14 heteroatoms. The lowest BCUT2D eigenvalue weighted by Crippen LogP contribution is -2.27. The summed E-state index contributed by atoms with van der Waals surface area (Å²) in [6, 6.07) is 0. The molecule has 2 aromatic heterocycles. The fourth-order valence-corrected chi connectivity index (χ4v) is 5.12. The standard InChI is InChI=1S/C21H34N5O8P/c1-31-35(30,32-10-8-6-4-2-3-5-7-9-18(28)29)34-15-11-17(33-16(15)12-27)26-14-25-19-20(22)23-13-24-21(19)26/h13-17,27H,2-12H2,1H3,(H,28,29)(H2,22,23,24)/t15-,16-,17-,35?/m1/s1. The lowest BCUT2D eigenvalue weighted by molar-refractivity contribution is -0.137. The highest BCUT2D eigenvalue weighted by atomic mass is 31.2. The van der Waals surface area contributed by atoms with E-state index in [-0.39, 0.29) is 31.9 Å². The number of carboxylic acid groups (broad SMARTS) is 1. The van der Waals surface area contributed by atoms with E-state index in [1.807, 2.05) is 0 Å². The Balaban J connectivity index is 1.45. The van der Waals surface area contributed by atoms with Gasteiger partial charge < -0.3 is 20.7 Å². The van der Waals surface area contributed by atoms with Gasteiger partial charge in [0.05, 0.1) is 19.5 Å². The van der Waals surface area contributed by atoms with Crippen molar-refractivity contribution < 1.29 is 37.9 Å². The third kappa shape index (κ3) is 7.66. The van der Waals surface area contributed by atoms with Crippen LogP contribution in [0.15, 0.2) is 12.7 Å². The summed E-state index contributed by atoms with van der Waals surface area (Å²) in [4.78, 5) is 22.8. The Hall–Kier alpha value is -2.15. The van der Waals surface area contributed by atoms with Crippen LogP contribution in [0.4, 0.5) is 5.82 Å². The monoisotopic (exact) mass is 515 g/mol. The highest BCUT2D eigenvalue weighted by Gasteiger charge is 2.42. The summed E-state index contributed by atoms with van der Waals surface area (Å²) < 4.78 is 36.8. The molecule has 1 fully saturated rings. The third-order valence-corrected chi connectivity index (χ3v) is 7.31. The number of ether oxygens (including phenoxy) is 1. The topological polar surface area (TPSA) is 181 Å². The molecule has 0 bridgehead atoms. The molecule has 0 amide bonds. The molecular formula is C21H34N5O8P. The summed E-state index contributed by atoms with van der Waals surface area (Å²) >= 11 is 0. The van der Waals surface area contributed by atoms with Crippen LogP contribution in [0.2, 0.25) is 0 Å². The molecular weight excluding hydrogens is 481 g/mol. The van der Waals surface area contributed by atoms with Gasteiger partial charge in [-0.1, -0.05) is 32.1 Å². The Labute approximate surface area is 203 Å². The number of phosphoric ester groups is 1. The van der Waals surface area contributed by atoms with Crippen molar-refractivity contribution in [3.63, 3.8) is 0 Å². The first kappa shape index (κ1) is 27.4. The summed E-state index contributed by atoms with van der Waals surface area (Å²) in [7, 11) is -2.60.